The Kier molecular flexibility index (Phi) is 7.26. The van der Waals surface area contributed by atoms with Crippen LogP contribution in [0.5, 0.6) is 0 Å². The van der Waals surface area contributed by atoms with E-state index in [1.54, 1.807) is 0 Å². The van der Waals surface area contributed by atoms with Gasteiger partial charge in [0.05, 0.1) is 12.1 Å². The molecule has 1 amide bonds. The lowest BCUT2D eigenvalue weighted by Crippen LogP contribution is -2.41. The van der Waals surface area contributed by atoms with Crippen LogP contribution in [0, 0.1) is 19.8 Å². The second kappa shape index (κ2) is 8.70. The van der Waals surface area contributed by atoms with Crippen molar-refractivity contribution in [3.63, 3.8) is 0 Å². The average Bonchev–Trinajstić information content (AvgIpc) is 2.70. The van der Waals surface area contributed by atoms with Crippen molar-refractivity contribution >= 4 is 11.9 Å². The molecule has 0 saturated carbocycles. The number of nitrogens with zero attached hydrogens (tertiary/aromatic N) is 2. The van der Waals surface area contributed by atoms with E-state index >= 15 is 0 Å². The van der Waals surface area contributed by atoms with E-state index in [1.165, 1.54) is 0 Å². The van der Waals surface area contributed by atoms with Crippen LogP contribution in [0.1, 0.15) is 57.0 Å². The first-order valence-corrected chi connectivity index (χ1v) is 8.31. The van der Waals surface area contributed by atoms with Crippen LogP contribution in [0.2, 0.25) is 0 Å². The fraction of sp³-hybridized carbons (Fsp3) is 0.706. The highest BCUT2D eigenvalue weighted by atomic mass is 16.4. The summed E-state index contributed by atoms with van der Waals surface area (Å²) in [5.74, 6) is -0.764. The summed E-state index contributed by atoms with van der Waals surface area (Å²) in [4.78, 5) is 23.4. The molecule has 23 heavy (non-hydrogen) atoms. The van der Waals surface area contributed by atoms with Crippen molar-refractivity contribution in [1.29, 1.82) is 0 Å². The van der Waals surface area contributed by atoms with Crippen LogP contribution in [0.4, 0.5) is 0 Å². The summed E-state index contributed by atoms with van der Waals surface area (Å²) in [6.07, 6.45) is 2.31. The van der Waals surface area contributed by atoms with Crippen molar-refractivity contribution in [3.05, 3.63) is 17.0 Å². The lowest BCUT2D eigenvalue weighted by Gasteiger charge is -2.14. The minimum Gasteiger partial charge on any atom is -0.480 e. The first-order chi connectivity index (χ1) is 10.8. The summed E-state index contributed by atoms with van der Waals surface area (Å²) in [5.41, 5.74) is 2.70. The van der Waals surface area contributed by atoms with Gasteiger partial charge >= 0.3 is 5.97 Å². The number of carbonyl (C=O) groups is 2. The van der Waals surface area contributed by atoms with E-state index in [-0.39, 0.29) is 12.3 Å². The fourth-order valence-electron chi connectivity index (χ4n) is 2.59. The minimum absolute atomic E-state index is 0.172. The van der Waals surface area contributed by atoms with Gasteiger partial charge in [-0.2, -0.15) is 5.10 Å². The van der Waals surface area contributed by atoms with Crippen molar-refractivity contribution < 1.29 is 14.7 Å². The molecule has 0 bridgehead atoms. The Hall–Kier alpha value is -1.85. The molecule has 6 heteroatoms. The van der Waals surface area contributed by atoms with Crippen LogP contribution in [0.15, 0.2) is 0 Å². The number of rotatable bonds is 9. The topological polar surface area (TPSA) is 84.2 Å². The molecule has 0 aromatic carbocycles. The lowest BCUT2D eigenvalue weighted by atomic mass is 10.1. The molecular weight excluding hydrogens is 294 g/mol. The Morgan fingerprint density at radius 2 is 1.96 bits per heavy atom. The summed E-state index contributed by atoms with van der Waals surface area (Å²) < 4.78 is 1.92. The van der Waals surface area contributed by atoms with Gasteiger partial charge in [-0.15, -0.1) is 0 Å². The van der Waals surface area contributed by atoms with Gasteiger partial charge in [0.2, 0.25) is 5.91 Å². The van der Waals surface area contributed by atoms with Gasteiger partial charge in [-0.25, -0.2) is 4.79 Å². The van der Waals surface area contributed by atoms with Gasteiger partial charge in [-0.05, 0) is 26.2 Å². The molecule has 1 aromatic rings. The van der Waals surface area contributed by atoms with Gasteiger partial charge in [-0.1, -0.05) is 33.6 Å². The van der Waals surface area contributed by atoms with E-state index in [1.807, 2.05) is 25.5 Å². The second-order valence-corrected chi connectivity index (χ2v) is 6.50. The Morgan fingerprint density at radius 1 is 1.30 bits per heavy atom. The average molecular weight is 323 g/mol. The van der Waals surface area contributed by atoms with E-state index in [0.29, 0.717) is 12.3 Å². The molecule has 0 radical (unpaired) electrons. The van der Waals surface area contributed by atoms with Crippen LogP contribution < -0.4 is 5.32 Å². The number of amides is 1. The largest absolute Gasteiger partial charge is 0.480 e. The molecular formula is C17H29N3O3. The predicted octanol–water partition coefficient (Wildman–Crippen LogP) is 2.46. The molecule has 1 aromatic heterocycles. The summed E-state index contributed by atoms with van der Waals surface area (Å²) in [6.45, 7) is 10.9. The fourth-order valence-corrected chi connectivity index (χ4v) is 2.59. The molecule has 6 nitrogen and oxygen atoms in total. The lowest BCUT2D eigenvalue weighted by molar-refractivity contribution is -0.142. The van der Waals surface area contributed by atoms with Crippen molar-refractivity contribution in [2.75, 3.05) is 0 Å². The number of unbranched alkanes of at least 4 members (excludes halogenated alkanes) is 1. The molecule has 0 aliphatic heterocycles. The molecule has 2 N–H and O–H groups in total. The van der Waals surface area contributed by atoms with Crippen LogP contribution in [-0.2, 0) is 22.6 Å². The van der Waals surface area contributed by atoms with E-state index in [9.17, 15) is 14.7 Å². The summed E-state index contributed by atoms with van der Waals surface area (Å²) in [5, 5.41) is 16.3. The third-order valence-electron chi connectivity index (χ3n) is 3.89. The number of nitrogens with one attached hydrogen (secondary N) is 1. The number of carboxylic acids is 1. The van der Waals surface area contributed by atoms with Crippen LogP contribution >= 0.6 is 0 Å². The first-order valence-electron chi connectivity index (χ1n) is 8.31. The Morgan fingerprint density at radius 3 is 2.48 bits per heavy atom. The maximum absolute atomic E-state index is 12.2. The number of aliphatic carboxylic acids is 1. The van der Waals surface area contributed by atoms with Gasteiger partial charge in [0, 0.05) is 17.8 Å². The number of carboxylic acid groups (broad SMARTS) is 1. The quantitative estimate of drug-likeness (QED) is 0.731. The van der Waals surface area contributed by atoms with Gasteiger partial charge in [0.15, 0.2) is 0 Å². The molecule has 0 aliphatic rings. The Bertz CT molecular complexity index is 550. The molecule has 0 spiro atoms. The number of carbonyl (C=O) groups excluding carboxylic acids is 1. The van der Waals surface area contributed by atoms with Crippen molar-refractivity contribution in [1.82, 2.24) is 15.1 Å². The highest BCUT2D eigenvalue weighted by Crippen LogP contribution is 2.15. The Balaban J connectivity index is 2.76. The second-order valence-electron chi connectivity index (χ2n) is 6.50. The van der Waals surface area contributed by atoms with Gasteiger partial charge in [0.1, 0.15) is 6.04 Å². The standard InChI is InChI=1S/C17H29N3O3/c1-6-7-8-15(17(22)23)18-16(21)9-14-12(4)19-20(13(14)5)10-11(2)3/h11,15H,6-10H2,1-5H3,(H,18,21)(H,22,23). The molecule has 1 rings (SSSR count). The molecule has 0 fully saturated rings. The Labute approximate surface area is 138 Å². The van der Waals surface area contributed by atoms with Gasteiger partial charge in [0.25, 0.3) is 0 Å². The summed E-state index contributed by atoms with van der Waals surface area (Å²) in [7, 11) is 0. The van der Waals surface area contributed by atoms with Crippen LogP contribution in [-0.4, -0.2) is 32.8 Å². The maximum atomic E-state index is 12.2. The highest BCUT2D eigenvalue weighted by molar-refractivity contribution is 5.85. The first kappa shape index (κ1) is 19.2. The molecule has 1 unspecified atom stereocenters. The molecule has 0 aliphatic carbocycles. The molecule has 1 heterocycles. The predicted molar refractivity (Wildman–Crippen MR) is 89.3 cm³/mol. The third kappa shape index (κ3) is 5.69. The number of hydrogen-bond acceptors (Lipinski definition) is 3. The third-order valence-corrected chi connectivity index (χ3v) is 3.89. The zero-order chi connectivity index (χ0) is 17.6. The van der Waals surface area contributed by atoms with E-state index < -0.39 is 12.0 Å². The normalized spacial score (nSPS) is 12.4. The van der Waals surface area contributed by atoms with Crippen molar-refractivity contribution in [2.24, 2.45) is 5.92 Å². The van der Waals surface area contributed by atoms with E-state index in [0.717, 1.165) is 36.3 Å². The number of hydrogen-bond donors (Lipinski definition) is 2. The smallest absolute Gasteiger partial charge is 0.326 e. The highest BCUT2D eigenvalue weighted by Gasteiger charge is 2.21. The summed E-state index contributed by atoms with van der Waals surface area (Å²) >= 11 is 0. The van der Waals surface area contributed by atoms with E-state index in [4.69, 9.17) is 0 Å². The van der Waals surface area contributed by atoms with Gasteiger partial charge < -0.3 is 10.4 Å². The van der Waals surface area contributed by atoms with E-state index in [2.05, 4.69) is 24.3 Å². The monoisotopic (exact) mass is 323 g/mol. The van der Waals surface area contributed by atoms with Crippen molar-refractivity contribution in [2.45, 2.75) is 72.9 Å². The van der Waals surface area contributed by atoms with Crippen LogP contribution in [0.3, 0.4) is 0 Å². The zero-order valence-electron chi connectivity index (χ0n) is 14.8. The zero-order valence-corrected chi connectivity index (χ0v) is 14.8. The number of aromatic nitrogens is 2. The van der Waals surface area contributed by atoms with Gasteiger partial charge in [-0.3, -0.25) is 9.48 Å². The molecule has 0 saturated heterocycles. The molecule has 1 atom stereocenters. The minimum atomic E-state index is -0.976. The SMILES string of the molecule is CCCCC(NC(=O)Cc1c(C)nn(CC(C)C)c1C)C(=O)O. The number of aryl methyl sites for hydroxylation is 1. The van der Waals surface area contributed by atoms with Crippen molar-refractivity contribution in [3.8, 4) is 0 Å². The van der Waals surface area contributed by atoms with Crippen LogP contribution in [0.25, 0.3) is 0 Å². The summed E-state index contributed by atoms with van der Waals surface area (Å²) in [6, 6.07) is -0.811. The maximum Gasteiger partial charge on any atom is 0.326 e. The molecule has 130 valence electrons.